The number of fused-ring (bicyclic) bond motifs is 3. The number of hydrogen-bond acceptors (Lipinski definition) is 14. The third kappa shape index (κ3) is 9.38. The lowest BCUT2D eigenvalue weighted by Gasteiger charge is -2.48. The zero-order valence-electron chi connectivity index (χ0n) is 30.3. The van der Waals surface area contributed by atoms with E-state index in [2.05, 4.69) is 5.32 Å². The number of carbonyl (C=O) groups excluding carboxylic acids is 6. The van der Waals surface area contributed by atoms with Crippen LogP contribution in [0.2, 0.25) is 0 Å². The Morgan fingerprint density at radius 1 is 0.778 bits per heavy atom. The minimum Gasteiger partial charge on any atom is -0.466 e. The maximum absolute atomic E-state index is 13.8. The number of nitrogens with one attached hydrogen (secondary N) is 1. The number of methoxy groups -OCH3 is 1. The maximum atomic E-state index is 13.8. The molecule has 2 aliphatic rings. The highest BCUT2D eigenvalue weighted by Crippen LogP contribution is 2.47. The van der Waals surface area contributed by atoms with E-state index in [-0.39, 0.29) is 18.9 Å². The van der Waals surface area contributed by atoms with Gasteiger partial charge in [-0.05, 0) is 34.4 Å². The molecule has 5 rings (SSSR count). The Bertz CT molecular complexity index is 1820. The second-order valence-electron chi connectivity index (χ2n) is 12.6. The molecule has 1 aliphatic carbocycles. The first-order valence-electron chi connectivity index (χ1n) is 17.1. The van der Waals surface area contributed by atoms with Crippen molar-refractivity contribution in [3.8, 4) is 11.1 Å². The van der Waals surface area contributed by atoms with E-state index >= 15 is 0 Å². The van der Waals surface area contributed by atoms with Gasteiger partial charge in [0.25, 0.3) is 0 Å². The summed E-state index contributed by atoms with van der Waals surface area (Å²) in [7, 11) is 1.14. The predicted molar refractivity (Wildman–Crippen MR) is 192 cm³/mol. The normalized spacial score (nSPS) is 21.2. The smallest absolute Gasteiger partial charge is 0.407 e. The highest BCUT2D eigenvalue weighted by atomic mass is 32.2. The van der Waals surface area contributed by atoms with Crippen LogP contribution in [-0.4, -0.2) is 91.7 Å². The summed E-state index contributed by atoms with van der Waals surface area (Å²) in [5, 5.41) is 2.72. The van der Waals surface area contributed by atoms with Crippen LogP contribution in [0.15, 0.2) is 83.8 Å². The fraction of sp³-hybridized carbons (Fsp3) is 0.385. The molecular formula is C39H41NO13S. The minimum absolute atomic E-state index is 0.0812. The van der Waals surface area contributed by atoms with Gasteiger partial charge in [-0.25, -0.2) is 9.59 Å². The second kappa shape index (κ2) is 17.6. The Morgan fingerprint density at radius 3 is 1.93 bits per heavy atom. The Kier molecular flexibility index (Phi) is 13.0. The van der Waals surface area contributed by atoms with E-state index in [9.17, 15) is 28.8 Å². The summed E-state index contributed by atoms with van der Waals surface area (Å²) in [6.45, 7) is 3.74. The van der Waals surface area contributed by atoms with Crippen molar-refractivity contribution >= 4 is 47.7 Å². The lowest BCUT2D eigenvalue weighted by molar-refractivity contribution is -0.223. The van der Waals surface area contributed by atoms with Crippen molar-refractivity contribution in [2.24, 2.45) is 0 Å². The van der Waals surface area contributed by atoms with Gasteiger partial charge in [0, 0.05) is 44.9 Å². The van der Waals surface area contributed by atoms with Crippen LogP contribution in [0, 0.1) is 0 Å². The lowest BCUT2D eigenvalue weighted by atomic mass is 9.89. The number of ether oxygens (including phenoxy) is 7. The molecule has 0 saturated carbocycles. The number of rotatable bonds is 13. The summed E-state index contributed by atoms with van der Waals surface area (Å²) < 4.78 is 39.7. The first kappa shape index (κ1) is 39.8. The predicted octanol–water partition coefficient (Wildman–Crippen LogP) is 4.70. The van der Waals surface area contributed by atoms with Gasteiger partial charge in [0.2, 0.25) is 4.93 Å². The number of amides is 1. The van der Waals surface area contributed by atoms with Crippen LogP contribution in [0.1, 0.15) is 51.2 Å². The summed E-state index contributed by atoms with van der Waals surface area (Å²) in [5.74, 6) is -4.43. The van der Waals surface area contributed by atoms with Crippen molar-refractivity contribution in [3.05, 3.63) is 90.0 Å². The van der Waals surface area contributed by atoms with Gasteiger partial charge >= 0.3 is 35.9 Å². The molecule has 6 atom stereocenters. The monoisotopic (exact) mass is 763 g/mol. The van der Waals surface area contributed by atoms with E-state index in [1.54, 1.807) is 30.3 Å². The Labute approximate surface area is 316 Å². The first-order chi connectivity index (χ1) is 25.8. The second-order valence-corrected chi connectivity index (χ2v) is 13.9. The maximum Gasteiger partial charge on any atom is 0.407 e. The molecular weight excluding hydrogens is 722 g/mol. The summed E-state index contributed by atoms with van der Waals surface area (Å²) in [4.78, 5) is 75.8. The lowest BCUT2D eigenvalue weighted by Crippen LogP contribution is -2.68. The molecule has 1 N–H and O–H groups in total. The zero-order valence-corrected chi connectivity index (χ0v) is 31.1. The molecule has 0 radical (unpaired) electrons. The van der Waals surface area contributed by atoms with Crippen molar-refractivity contribution < 1.29 is 61.9 Å². The number of alkyl carbamates (subject to hydrolysis) is 1. The number of hydrogen-bond donors (Lipinski definition) is 1. The molecule has 54 heavy (non-hydrogen) atoms. The Morgan fingerprint density at radius 2 is 1.37 bits per heavy atom. The average molecular weight is 764 g/mol. The van der Waals surface area contributed by atoms with Gasteiger partial charge in [-0.3, -0.25) is 19.2 Å². The summed E-state index contributed by atoms with van der Waals surface area (Å²) in [6.07, 6.45) is -7.48. The molecule has 0 unspecified atom stereocenters. The molecule has 0 bridgehead atoms. The molecule has 1 heterocycles. The molecule has 286 valence electrons. The van der Waals surface area contributed by atoms with Crippen LogP contribution in [-0.2, 0) is 57.1 Å². The van der Waals surface area contributed by atoms with Gasteiger partial charge < -0.3 is 38.5 Å². The van der Waals surface area contributed by atoms with Gasteiger partial charge in [-0.1, -0.05) is 78.5 Å². The molecule has 1 saturated heterocycles. The molecule has 0 spiro atoms. The third-order valence-corrected chi connectivity index (χ3v) is 10.0. The van der Waals surface area contributed by atoms with E-state index in [1.807, 2.05) is 48.5 Å². The van der Waals surface area contributed by atoms with E-state index in [4.69, 9.17) is 33.2 Å². The first-order valence-corrected chi connectivity index (χ1v) is 17.9. The highest BCUT2D eigenvalue weighted by Gasteiger charge is 2.59. The van der Waals surface area contributed by atoms with Gasteiger partial charge in [-0.2, -0.15) is 0 Å². The van der Waals surface area contributed by atoms with Gasteiger partial charge in [-0.15, -0.1) is 0 Å². The highest BCUT2D eigenvalue weighted by molar-refractivity contribution is 8.01. The fourth-order valence-electron chi connectivity index (χ4n) is 6.72. The largest absolute Gasteiger partial charge is 0.466 e. The summed E-state index contributed by atoms with van der Waals surface area (Å²) >= 11 is 0.929. The van der Waals surface area contributed by atoms with Crippen molar-refractivity contribution in [1.29, 1.82) is 0 Å². The molecule has 3 aromatic carbocycles. The number of benzene rings is 3. The van der Waals surface area contributed by atoms with Crippen LogP contribution in [0.25, 0.3) is 11.1 Å². The molecule has 14 nitrogen and oxygen atoms in total. The topological polar surface area (TPSA) is 179 Å². The molecule has 1 fully saturated rings. The standard InChI is InChI=1S/C39H41NO13S/c1-22(41)48-21-33(51-24(3)43)35(52-25(4)44)36-34(32(50-23(2)42)19-39(53-36,37(45)47-5)54-26-13-7-6-8-14-26)40-38(46)49-20-31-29-17-11-9-15-27(29)28-16-10-12-18-30(28)31/h6-18,31-36H,19-21H2,1-5H3,(H,40,46)/t32-,33+,34+,35+,36+,39+/m0/s1. The van der Waals surface area contributed by atoms with Crippen LogP contribution < -0.4 is 5.32 Å². The molecule has 1 aliphatic heterocycles. The van der Waals surface area contributed by atoms with Crippen molar-refractivity contribution in [2.45, 2.75) is 80.3 Å². The van der Waals surface area contributed by atoms with E-state index in [1.165, 1.54) is 0 Å². The third-order valence-electron chi connectivity index (χ3n) is 8.78. The van der Waals surface area contributed by atoms with Gasteiger partial charge in [0.05, 0.1) is 13.2 Å². The summed E-state index contributed by atoms with van der Waals surface area (Å²) in [5.41, 5.74) is 3.96. The van der Waals surface area contributed by atoms with Gasteiger partial charge in [0.1, 0.15) is 25.4 Å². The van der Waals surface area contributed by atoms with E-state index in [0.717, 1.165) is 68.8 Å². The fourth-order valence-corrected chi connectivity index (χ4v) is 7.97. The molecule has 1 amide bonds. The van der Waals surface area contributed by atoms with Crippen LogP contribution in [0.5, 0.6) is 0 Å². The average Bonchev–Trinajstić information content (AvgIpc) is 3.45. The van der Waals surface area contributed by atoms with Crippen molar-refractivity contribution in [2.75, 3.05) is 20.3 Å². The van der Waals surface area contributed by atoms with Crippen molar-refractivity contribution in [3.63, 3.8) is 0 Å². The van der Waals surface area contributed by atoms with Crippen molar-refractivity contribution in [1.82, 2.24) is 5.32 Å². The van der Waals surface area contributed by atoms with Crippen LogP contribution in [0.3, 0.4) is 0 Å². The van der Waals surface area contributed by atoms with Gasteiger partial charge in [0.15, 0.2) is 12.2 Å². The quantitative estimate of drug-likeness (QED) is 0.187. The van der Waals surface area contributed by atoms with E-state index < -0.39 is 77.9 Å². The zero-order chi connectivity index (χ0) is 39.0. The van der Waals surface area contributed by atoms with Crippen LogP contribution >= 0.6 is 11.8 Å². The number of esters is 5. The number of thioether (sulfide) groups is 1. The van der Waals surface area contributed by atoms with E-state index in [0.29, 0.717) is 4.90 Å². The summed E-state index contributed by atoms with van der Waals surface area (Å²) in [6, 6.07) is 22.8. The van der Waals surface area contributed by atoms with Crippen LogP contribution in [0.4, 0.5) is 4.79 Å². The SMILES string of the molecule is COC(=O)[C@]1(Sc2ccccc2)C[C@H](OC(C)=O)[C@@H](NC(=O)OCC2c3ccccc3-c3ccccc32)[C@H]([C@H](OC(C)=O)[C@@H](COC(C)=O)OC(C)=O)O1. The number of carbonyl (C=O) groups is 6. The Balaban J connectivity index is 1.55. The minimum atomic E-state index is -1.99. The molecule has 0 aromatic heterocycles. The Hall–Kier alpha value is -5.41. The molecule has 3 aromatic rings. The molecule has 15 heteroatoms.